The summed E-state index contributed by atoms with van der Waals surface area (Å²) in [6.45, 7) is 2.64. The normalized spacial score (nSPS) is 20.7. The minimum absolute atomic E-state index is 0.258. The number of hydrogen-bond donors (Lipinski definition) is 1. The SMILES string of the molecule is CC1=C=CC=C2C(CNc3cccnc3)=C=CN(C3C=CC=CC3)C2=N1. The lowest BCUT2D eigenvalue weighted by Gasteiger charge is -2.33. The van der Waals surface area contributed by atoms with Crippen LogP contribution in [-0.4, -0.2) is 28.3 Å². The first-order valence-electron chi connectivity index (χ1n) is 8.75. The number of fused-ring (bicyclic) bond motifs is 1. The minimum Gasteiger partial charge on any atom is -0.379 e. The molecule has 1 aromatic rings. The van der Waals surface area contributed by atoms with E-state index in [1.54, 1.807) is 6.20 Å². The predicted molar refractivity (Wildman–Crippen MR) is 106 cm³/mol. The van der Waals surface area contributed by atoms with Crippen LogP contribution in [-0.2, 0) is 0 Å². The van der Waals surface area contributed by atoms with Crippen molar-refractivity contribution in [1.29, 1.82) is 0 Å². The van der Waals surface area contributed by atoms with Crippen molar-refractivity contribution >= 4 is 11.5 Å². The molecule has 0 bridgehead atoms. The number of rotatable bonds is 4. The van der Waals surface area contributed by atoms with E-state index in [1.807, 2.05) is 37.5 Å². The molecule has 0 amide bonds. The molecule has 1 aromatic heterocycles. The number of hydrogen-bond acceptors (Lipinski definition) is 4. The molecule has 3 aliphatic rings. The zero-order valence-electron chi connectivity index (χ0n) is 14.7. The molecule has 128 valence electrons. The second-order valence-corrected chi connectivity index (χ2v) is 6.28. The van der Waals surface area contributed by atoms with Crippen LogP contribution in [0.3, 0.4) is 0 Å². The highest BCUT2D eigenvalue weighted by Gasteiger charge is 2.26. The van der Waals surface area contributed by atoms with Crippen LogP contribution in [0, 0.1) is 0 Å². The van der Waals surface area contributed by atoms with Gasteiger partial charge in [-0.15, -0.1) is 0 Å². The zero-order chi connectivity index (χ0) is 17.8. The van der Waals surface area contributed by atoms with E-state index < -0.39 is 0 Å². The van der Waals surface area contributed by atoms with Gasteiger partial charge in [0.05, 0.1) is 17.4 Å². The number of anilines is 1. The Balaban J connectivity index is 1.66. The van der Waals surface area contributed by atoms with E-state index >= 15 is 0 Å². The molecule has 4 heteroatoms. The molecule has 3 heterocycles. The summed E-state index contributed by atoms with van der Waals surface area (Å²) >= 11 is 0. The van der Waals surface area contributed by atoms with Gasteiger partial charge in [-0.2, -0.15) is 0 Å². The second kappa shape index (κ2) is 7.28. The number of pyridine rings is 1. The monoisotopic (exact) mass is 340 g/mol. The van der Waals surface area contributed by atoms with Crippen LogP contribution < -0.4 is 5.32 Å². The largest absolute Gasteiger partial charge is 0.379 e. The summed E-state index contributed by atoms with van der Waals surface area (Å²) in [7, 11) is 0. The molecule has 0 radical (unpaired) electrons. The van der Waals surface area contributed by atoms with Crippen LogP contribution in [0.1, 0.15) is 13.3 Å². The van der Waals surface area contributed by atoms with Crippen LogP contribution in [0.2, 0.25) is 0 Å². The van der Waals surface area contributed by atoms with E-state index in [0.717, 1.165) is 34.8 Å². The van der Waals surface area contributed by atoms with Gasteiger partial charge in [0.2, 0.25) is 0 Å². The first kappa shape index (κ1) is 16.2. The van der Waals surface area contributed by atoms with Gasteiger partial charge < -0.3 is 10.2 Å². The molecule has 0 saturated heterocycles. The maximum absolute atomic E-state index is 4.82. The Kier molecular flexibility index (Phi) is 4.53. The Morgan fingerprint density at radius 2 is 2.27 bits per heavy atom. The van der Waals surface area contributed by atoms with Crippen molar-refractivity contribution in [1.82, 2.24) is 9.88 Å². The molecular formula is C22H20N4. The summed E-state index contributed by atoms with van der Waals surface area (Å²) in [5.41, 5.74) is 10.7. The molecule has 4 nitrogen and oxygen atoms in total. The summed E-state index contributed by atoms with van der Waals surface area (Å²) in [4.78, 5) is 11.2. The number of amidine groups is 1. The lowest BCUT2D eigenvalue weighted by atomic mass is 9.98. The summed E-state index contributed by atoms with van der Waals surface area (Å²) in [6.07, 6.45) is 19.1. The Bertz CT molecular complexity index is 947. The number of aliphatic imine (C=N–C) groups is 1. The fourth-order valence-corrected chi connectivity index (χ4v) is 3.12. The third-order valence-corrected chi connectivity index (χ3v) is 4.45. The topological polar surface area (TPSA) is 40.5 Å². The van der Waals surface area contributed by atoms with Crippen LogP contribution >= 0.6 is 0 Å². The Hall–Kier alpha value is -3.32. The highest BCUT2D eigenvalue weighted by Crippen LogP contribution is 2.26. The molecule has 1 aliphatic carbocycles. The average molecular weight is 340 g/mol. The number of allylic oxidation sites excluding steroid dienone is 4. The number of nitrogens with zero attached hydrogens (tertiary/aromatic N) is 3. The van der Waals surface area contributed by atoms with Crippen molar-refractivity contribution in [2.24, 2.45) is 4.99 Å². The van der Waals surface area contributed by atoms with E-state index in [2.05, 4.69) is 57.0 Å². The highest BCUT2D eigenvalue weighted by atomic mass is 15.2. The lowest BCUT2D eigenvalue weighted by molar-refractivity contribution is 0.465. The van der Waals surface area contributed by atoms with Crippen LogP contribution in [0.5, 0.6) is 0 Å². The third-order valence-electron chi connectivity index (χ3n) is 4.45. The van der Waals surface area contributed by atoms with Gasteiger partial charge in [-0.1, -0.05) is 35.8 Å². The predicted octanol–water partition coefficient (Wildman–Crippen LogP) is 4.13. The summed E-state index contributed by atoms with van der Waals surface area (Å²) < 4.78 is 0. The number of nitrogens with one attached hydrogen (secondary N) is 1. The van der Waals surface area contributed by atoms with Crippen molar-refractivity contribution in [3.05, 3.63) is 95.5 Å². The van der Waals surface area contributed by atoms with Crippen molar-refractivity contribution in [2.45, 2.75) is 19.4 Å². The third kappa shape index (κ3) is 3.38. The molecule has 0 spiro atoms. The molecular weight excluding hydrogens is 320 g/mol. The van der Waals surface area contributed by atoms with E-state index in [9.17, 15) is 0 Å². The van der Waals surface area contributed by atoms with E-state index in [1.165, 1.54) is 0 Å². The van der Waals surface area contributed by atoms with Crippen LogP contribution in [0.15, 0.2) is 100 Å². The Morgan fingerprint density at radius 3 is 3.08 bits per heavy atom. The molecule has 4 rings (SSSR count). The van der Waals surface area contributed by atoms with Crippen molar-refractivity contribution in [3.63, 3.8) is 0 Å². The van der Waals surface area contributed by atoms with Gasteiger partial charge in [0.15, 0.2) is 0 Å². The molecule has 1 atom stereocenters. The van der Waals surface area contributed by atoms with Gasteiger partial charge in [-0.3, -0.25) is 4.98 Å². The summed E-state index contributed by atoms with van der Waals surface area (Å²) in [6, 6.07) is 4.19. The van der Waals surface area contributed by atoms with Gasteiger partial charge in [0, 0.05) is 36.3 Å². The van der Waals surface area contributed by atoms with Crippen molar-refractivity contribution in [3.8, 4) is 0 Å². The first-order chi connectivity index (χ1) is 12.8. The molecule has 0 aromatic carbocycles. The van der Waals surface area contributed by atoms with Gasteiger partial charge in [-0.25, -0.2) is 4.99 Å². The minimum atomic E-state index is 0.258. The van der Waals surface area contributed by atoms with Crippen molar-refractivity contribution < 1.29 is 0 Å². The molecule has 2 aliphatic heterocycles. The van der Waals surface area contributed by atoms with Gasteiger partial charge in [0.1, 0.15) is 5.84 Å². The molecule has 26 heavy (non-hydrogen) atoms. The smallest absolute Gasteiger partial charge is 0.142 e. The first-order valence-corrected chi connectivity index (χ1v) is 8.75. The van der Waals surface area contributed by atoms with E-state index in [-0.39, 0.29) is 6.04 Å². The van der Waals surface area contributed by atoms with E-state index in [0.29, 0.717) is 6.54 Å². The lowest BCUT2D eigenvalue weighted by Crippen LogP contribution is -2.38. The van der Waals surface area contributed by atoms with Gasteiger partial charge >= 0.3 is 0 Å². The zero-order valence-corrected chi connectivity index (χ0v) is 14.7. The molecule has 1 unspecified atom stereocenters. The quantitative estimate of drug-likeness (QED) is 0.838. The standard InChI is InChI=1S/C22H20N4/c1-17-7-5-11-21-18(15-24-19-8-6-13-23-16-19)12-14-26(22(21)25-17)20-9-3-2-4-10-20/h2-6,8-9,11,13-14,16,20,24H,10,15H2,1H3. The second-order valence-electron chi connectivity index (χ2n) is 6.28. The summed E-state index contributed by atoms with van der Waals surface area (Å²) in [5.74, 6) is 0.954. The summed E-state index contributed by atoms with van der Waals surface area (Å²) in [5, 5.41) is 3.41. The Morgan fingerprint density at radius 1 is 1.31 bits per heavy atom. The fraction of sp³-hybridized carbons (Fsp3) is 0.182. The maximum Gasteiger partial charge on any atom is 0.142 e. The molecule has 1 N–H and O–H groups in total. The fourth-order valence-electron chi connectivity index (χ4n) is 3.12. The van der Waals surface area contributed by atoms with Crippen LogP contribution in [0.25, 0.3) is 0 Å². The molecule has 0 saturated carbocycles. The Labute approximate surface area is 153 Å². The van der Waals surface area contributed by atoms with Gasteiger partial charge in [-0.05, 0) is 37.6 Å². The molecule has 0 fully saturated rings. The number of aromatic nitrogens is 1. The van der Waals surface area contributed by atoms with Crippen molar-refractivity contribution in [2.75, 3.05) is 11.9 Å². The average Bonchev–Trinajstić information content (AvgIpc) is 2.89. The highest BCUT2D eigenvalue weighted by molar-refractivity contribution is 6.05. The maximum atomic E-state index is 4.82. The van der Waals surface area contributed by atoms with Crippen LogP contribution in [0.4, 0.5) is 5.69 Å². The van der Waals surface area contributed by atoms with Gasteiger partial charge in [0.25, 0.3) is 0 Å². The van der Waals surface area contributed by atoms with E-state index in [4.69, 9.17) is 4.99 Å².